The van der Waals surface area contributed by atoms with Crippen molar-refractivity contribution in [2.24, 2.45) is 0 Å². The molecule has 0 bridgehead atoms. The smallest absolute Gasteiger partial charge is 0.241 e. The minimum atomic E-state index is -0.311. The second kappa shape index (κ2) is 7.43. The van der Waals surface area contributed by atoms with Crippen molar-refractivity contribution in [2.75, 3.05) is 5.32 Å². The van der Waals surface area contributed by atoms with E-state index in [4.69, 9.17) is 11.6 Å². The van der Waals surface area contributed by atoms with E-state index in [1.54, 1.807) is 0 Å². The van der Waals surface area contributed by atoms with E-state index in [-0.39, 0.29) is 18.0 Å². The molecular formula is C18H21ClN2O. The van der Waals surface area contributed by atoms with Gasteiger partial charge in [0.25, 0.3) is 0 Å². The summed E-state index contributed by atoms with van der Waals surface area (Å²) in [6.45, 7) is 5.87. The Hall–Kier alpha value is -1.84. The Balaban J connectivity index is 1.96. The Bertz CT molecular complexity index is 657. The van der Waals surface area contributed by atoms with Gasteiger partial charge in [-0.15, -0.1) is 0 Å². The van der Waals surface area contributed by atoms with E-state index in [0.717, 1.165) is 16.8 Å². The first-order valence-corrected chi connectivity index (χ1v) is 7.72. The summed E-state index contributed by atoms with van der Waals surface area (Å²) in [4.78, 5) is 12.3. The summed E-state index contributed by atoms with van der Waals surface area (Å²) < 4.78 is 0. The van der Waals surface area contributed by atoms with Crippen LogP contribution in [0.15, 0.2) is 48.5 Å². The molecule has 2 rings (SSSR count). The number of carbonyl (C=O) groups is 1. The first-order valence-electron chi connectivity index (χ1n) is 7.35. The molecule has 0 fully saturated rings. The SMILES string of the molecule is Cc1cccc(NC(=O)[C@@H](C)N[C@H](C)c2cccc(Cl)c2)c1. The average Bonchev–Trinajstić information content (AvgIpc) is 2.47. The van der Waals surface area contributed by atoms with Crippen molar-refractivity contribution >= 4 is 23.2 Å². The molecule has 1 amide bonds. The molecule has 2 aromatic carbocycles. The van der Waals surface area contributed by atoms with Gasteiger partial charge in [0.15, 0.2) is 0 Å². The van der Waals surface area contributed by atoms with E-state index in [2.05, 4.69) is 10.6 Å². The number of nitrogens with one attached hydrogen (secondary N) is 2. The summed E-state index contributed by atoms with van der Waals surface area (Å²) in [7, 11) is 0. The Morgan fingerprint density at radius 1 is 1.09 bits per heavy atom. The van der Waals surface area contributed by atoms with E-state index in [0.29, 0.717) is 5.02 Å². The summed E-state index contributed by atoms with van der Waals surface area (Å²) in [5.41, 5.74) is 2.99. The molecule has 22 heavy (non-hydrogen) atoms. The maximum Gasteiger partial charge on any atom is 0.241 e. The number of aryl methyl sites for hydroxylation is 1. The molecule has 4 heteroatoms. The lowest BCUT2D eigenvalue weighted by atomic mass is 10.1. The Labute approximate surface area is 136 Å². The normalized spacial score (nSPS) is 13.5. The number of amides is 1. The van der Waals surface area contributed by atoms with Crippen LogP contribution in [0.2, 0.25) is 5.02 Å². The number of carbonyl (C=O) groups excluding carboxylic acids is 1. The largest absolute Gasteiger partial charge is 0.325 e. The van der Waals surface area contributed by atoms with Crippen LogP contribution in [0.5, 0.6) is 0 Å². The van der Waals surface area contributed by atoms with Crippen LogP contribution >= 0.6 is 11.6 Å². The molecular weight excluding hydrogens is 296 g/mol. The van der Waals surface area contributed by atoms with Crippen LogP contribution in [0.3, 0.4) is 0 Å². The first-order chi connectivity index (χ1) is 10.5. The van der Waals surface area contributed by atoms with Crippen molar-refractivity contribution in [2.45, 2.75) is 32.9 Å². The van der Waals surface area contributed by atoms with Crippen LogP contribution < -0.4 is 10.6 Å². The van der Waals surface area contributed by atoms with Gasteiger partial charge >= 0.3 is 0 Å². The fourth-order valence-corrected chi connectivity index (χ4v) is 2.49. The quantitative estimate of drug-likeness (QED) is 0.862. The Morgan fingerprint density at radius 2 is 1.82 bits per heavy atom. The third-order valence-corrected chi connectivity index (χ3v) is 3.76. The zero-order valence-electron chi connectivity index (χ0n) is 13.1. The van der Waals surface area contributed by atoms with Crippen molar-refractivity contribution in [1.29, 1.82) is 0 Å². The van der Waals surface area contributed by atoms with Gasteiger partial charge in [0.1, 0.15) is 0 Å². The molecule has 2 atom stereocenters. The second-order valence-electron chi connectivity index (χ2n) is 5.52. The minimum Gasteiger partial charge on any atom is -0.325 e. The van der Waals surface area contributed by atoms with Gasteiger partial charge in [-0.05, 0) is 56.2 Å². The highest BCUT2D eigenvalue weighted by Gasteiger charge is 2.16. The number of hydrogen-bond donors (Lipinski definition) is 2. The number of anilines is 1. The molecule has 0 radical (unpaired) electrons. The van der Waals surface area contributed by atoms with E-state index >= 15 is 0 Å². The summed E-state index contributed by atoms with van der Waals surface area (Å²) >= 11 is 6.00. The molecule has 0 saturated heterocycles. The third kappa shape index (κ3) is 4.58. The monoisotopic (exact) mass is 316 g/mol. The standard InChI is InChI=1S/C18H21ClN2O/c1-12-6-4-9-17(10-12)21-18(22)14(3)20-13(2)15-7-5-8-16(19)11-15/h4-11,13-14,20H,1-3H3,(H,21,22)/t13-,14-/m1/s1. The van der Waals surface area contributed by atoms with Gasteiger partial charge in [-0.25, -0.2) is 0 Å². The maximum absolute atomic E-state index is 12.3. The molecule has 0 unspecified atom stereocenters. The minimum absolute atomic E-state index is 0.0389. The third-order valence-electron chi connectivity index (χ3n) is 3.53. The van der Waals surface area contributed by atoms with Gasteiger partial charge in [0.05, 0.1) is 6.04 Å². The lowest BCUT2D eigenvalue weighted by molar-refractivity contribution is -0.117. The summed E-state index contributed by atoms with van der Waals surface area (Å²) in [6, 6.07) is 15.1. The van der Waals surface area contributed by atoms with Crippen LogP contribution in [0.4, 0.5) is 5.69 Å². The number of halogens is 1. The molecule has 0 spiro atoms. The van der Waals surface area contributed by atoms with E-state index < -0.39 is 0 Å². The fourth-order valence-electron chi connectivity index (χ4n) is 2.30. The van der Waals surface area contributed by atoms with Gasteiger partial charge in [-0.2, -0.15) is 0 Å². The van der Waals surface area contributed by atoms with E-state index in [1.165, 1.54) is 0 Å². The number of benzene rings is 2. The Morgan fingerprint density at radius 3 is 2.50 bits per heavy atom. The molecule has 0 heterocycles. The van der Waals surface area contributed by atoms with Gasteiger partial charge in [-0.1, -0.05) is 35.9 Å². The summed E-state index contributed by atoms with van der Waals surface area (Å²) in [6.07, 6.45) is 0. The topological polar surface area (TPSA) is 41.1 Å². The van der Waals surface area contributed by atoms with Crippen molar-refractivity contribution in [1.82, 2.24) is 5.32 Å². The average molecular weight is 317 g/mol. The molecule has 2 aromatic rings. The number of hydrogen-bond acceptors (Lipinski definition) is 2. The lowest BCUT2D eigenvalue weighted by Gasteiger charge is -2.20. The predicted octanol–water partition coefficient (Wildman–Crippen LogP) is 4.33. The second-order valence-corrected chi connectivity index (χ2v) is 5.96. The van der Waals surface area contributed by atoms with Crippen molar-refractivity contribution in [3.63, 3.8) is 0 Å². The summed E-state index contributed by atoms with van der Waals surface area (Å²) in [5.74, 6) is -0.0560. The Kier molecular flexibility index (Phi) is 5.58. The van der Waals surface area contributed by atoms with Crippen LogP contribution in [-0.2, 0) is 4.79 Å². The van der Waals surface area contributed by atoms with Gasteiger partial charge in [0.2, 0.25) is 5.91 Å². The van der Waals surface area contributed by atoms with Gasteiger partial charge in [-0.3, -0.25) is 10.1 Å². The molecule has 0 saturated carbocycles. The molecule has 2 N–H and O–H groups in total. The highest BCUT2D eigenvalue weighted by atomic mass is 35.5. The van der Waals surface area contributed by atoms with Crippen molar-refractivity contribution < 1.29 is 4.79 Å². The van der Waals surface area contributed by atoms with Crippen LogP contribution in [0, 0.1) is 6.92 Å². The fraction of sp³-hybridized carbons (Fsp3) is 0.278. The highest BCUT2D eigenvalue weighted by Crippen LogP contribution is 2.18. The molecule has 0 aliphatic heterocycles. The van der Waals surface area contributed by atoms with E-state index in [1.807, 2.05) is 69.3 Å². The number of rotatable bonds is 5. The van der Waals surface area contributed by atoms with Crippen molar-refractivity contribution in [3.8, 4) is 0 Å². The molecule has 0 aliphatic carbocycles. The molecule has 0 aliphatic rings. The van der Waals surface area contributed by atoms with Gasteiger partial charge in [0, 0.05) is 16.8 Å². The molecule has 116 valence electrons. The van der Waals surface area contributed by atoms with Crippen molar-refractivity contribution in [3.05, 3.63) is 64.7 Å². The zero-order chi connectivity index (χ0) is 16.1. The maximum atomic E-state index is 12.3. The van der Waals surface area contributed by atoms with Gasteiger partial charge < -0.3 is 5.32 Å². The summed E-state index contributed by atoms with van der Waals surface area (Å²) in [5, 5.41) is 6.91. The van der Waals surface area contributed by atoms with Crippen LogP contribution in [-0.4, -0.2) is 11.9 Å². The zero-order valence-corrected chi connectivity index (χ0v) is 13.8. The molecule has 3 nitrogen and oxygen atoms in total. The highest BCUT2D eigenvalue weighted by molar-refractivity contribution is 6.30. The molecule has 0 aromatic heterocycles. The lowest BCUT2D eigenvalue weighted by Crippen LogP contribution is -2.39. The first kappa shape index (κ1) is 16.5. The van der Waals surface area contributed by atoms with E-state index in [9.17, 15) is 4.79 Å². The predicted molar refractivity (Wildman–Crippen MR) is 92.3 cm³/mol. The van der Waals surface area contributed by atoms with Crippen LogP contribution in [0.1, 0.15) is 31.0 Å². The van der Waals surface area contributed by atoms with Crippen LogP contribution in [0.25, 0.3) is 0 Å².